The van der Waals surface area contributed by atoms with E-state index in [4.69, 9.17) is 32.3 Å². The van der Waals surface area contributed by atoms with Crippen molar-refractivity contribution >= 4 is 47.9 Å². The van der Waals surface area contributed by atoms with Crippen molar-refractivity contribution in [3.63, 3.8) is 0 Å². The van der Waals surface area contributed by atoms with E-state index in [1.807, 2.05) is 85.8 Å². The maximum Gasteiger partial charge on any atom is 0.414 e. The Morgan fingerprint density at radius 2 is 0.709 bits per heavy atom. The highest BCUT2D eigenvalue weighted by atomic mass is 19.1. The van der Waals surface area contributed by atoms with E-state index < -0.39 is 77.3 Å². The molecule has 5 heterocycles. The van der Waals surface area contributed by atoms with Gasteiger partial charge in [-0.05, 0) is 177 Å². The number of halogens is 4. The number of nitrogens with zero attached hydrogens (tertiary/aromatic N) is 9. The summed E-state index contributed by atoms with van der Waals surface area (Å²) in [6.45, 7) is 4.43. The molecule has 1 aliphatic heterocycles. The molecule has 3 unspecified atom stereocenters. The molecule has 4 N–H and O–H groups in total. The first-order valence-electron chi connectivity index (χ1n) is 39.8. The summed E-state index contributed by atoms with van der Waals surface area (Å²) in [7, 11) is 0. The Bertz CT molecular complexity index is 6550. The molecule has 1 saturated carbocycles. The van der Waals surface area contributed by atoms with Crippen molar-refractivity contribution in [2.75, 3.05) is 0 Å². The molecular weight excluding hydrogens is 1640 g/mol. The third-order valence-electron chi connectivity index (χ3n) is 20.3. The summed E-state index contributed by atoms with van der Waals surface area (Å²) in [5, 5.41) is 24.6. The van der Waals surface area contributed by atoms with Gasteiger partial charge in [0.15, 0.2) is 0 Å². The van der Waals surface area contributed by atoms with Crippen LogP contribution in [-0.4, -0.2) is 99.5 Å². The summed E-state index contributed by atoms with van der Waals surface area (Å²) in [5.74, 6) is -3.05. The molecule has 2 aliphatic carbocycles. The Morgan fingerprint density at radius 3 is 1.09 bits per heavy atom. The lowest BCUT2D eigenvalue weighted by Crippen LogP contribution is -2.40. The maximum atomic E-state index is 14.0. The van der Waals surface area contributed by atoms with Gasteiger partial charge in [0.1, 0.15) is 41.6 Å². The van der Waals surface area contributed by atoms with Crippen molar-refractivity contribution in [1.82, 2.24) is 66.7 Å². The zero-order valence-corrected chi connectivity index (χ0v) is 67.4. The minimum Gasteiger partial charge on any atom is -0.446 e. The van der Waals surface area contributed by atoms with Crippen molar-refractivity contribution in [2.24, 2.45) is 5.92 Å². The molecule has 9 amide bonds. The van der Waals surface area contributed by atoms with E-state index in [-0.39, 0.29) is 104 Å². The quantitative estimate of drug-likeness (QED) is 0.0486. The number of amides is 9. The van der Waals surface area contributed by atoms with Gasteiger partial charge in [0.25, 0.3) is 47.2 Å². The molecule has 0 saturated heterocycles. The Balaban J connectivity index is 0.000000131. The third kappa shape index (κ3) is 21.5. The number of aryl methyl sites for hydroxylation is 1. The maximum absolute atomic E-state index is 14.0. The van der Waals surface area contributed by atoms with Gasteiger partial charge in [-0.3, -0.25) is 40.4 Å². The van der Waals surface area contributed by atoms with Crippen LogP contribution in [0.2, 0.25) is 0 Å². The molecule has 28 nitrogen and oxygen atoms in total. The molecule has 15 aromatic rings. The topological polar surface area (TPSA) is 371 Å². The largest absolute Gasteiger partial charge is 0.446 e. The number of imide groups is 4. The van der Waals surface area contributed by atoms with E-state index in [0.29, 0.717) is 47.7 Å². The van der Waals surface area contributed by atoms with Gasteiger partial charge in [-0.1, -0.05) is 197 Å². The molecular formula is C95H73F4N13O15. The molecule has 11 aromatic carbocycles. The Morgan fingerprint density at radius 1 is 0.370 bits per heavy atom. The number of benzene rings is 11. The van der Waals surface area contributed by atoms with Crippen LogP contribution in [0.4, 0.5) is 36.7 Å². The van der Waals surface area contributed by atoms with Gasteiger partial charge in [0, 0.05) is 57.6 Å². The van der Waals surface area contributed by atoms with E-state index in [1.54, 1.807) is 139 Å². The molecule has 32 heteroatoms. The lowest BCUT2D eigenvalue weighted by molar-refractivity contribution is 0.0763. The number of aromatic nitrogens is 8. The third-order valence-corrected chi connectivity index (χ3v) is 20.3. The van der Waals surface area contributed by atoms with E-state index in [9.17, 15) is 55.9 Å². The van der Waals surface area contributed by atoms with E-state index in [0.717, 1.165) is 53.5 Å². The average Bonchev–Trinajstić information content (AvgIpc) is 1.74. The van der Waals surface area contributed by atoms with Gasteiger partial charge in [0.2, 0.25) is 23.3 Å². The molecule has 0 bridgehead atoms. The number of hydrogen-bond acceptors (Lipinski definition) is 23. The van der Waals surface area contributed by atoms with Crippen molar-refractivity contribution in [3.05, 3.63) is 346 Å². The van der Waals surface area contributed by atoms with Crippen molar-refractivity contribution < 1.29 is 88.2 Å². The summed E-state index contributed by atoms with van der Waals surface area (Å²) in [4.78, 5) is 118. The number of alkyl carbamates (subject to hydrolysis) is 3. The number of hydrogen-bond donors (Lipinski definition) is 4. The normalized spacial score (nSPS) is 13.3. The fourth-order valence-corrected chi connectivity index (χ4v) is 13.6. The number of urea groups is 1. The van der Waals surface area contributed by atoms with Crippen LogP contribution in [0.15, 0.2) is 291 Å². The second-order valence-corrected chi connectivity index (χ2v) is 29.1. The number of rotatable bonds is 17. The zero-order valence-electron chi connectivity index (χ0n) is 67.4. The Hall–Kier alpha value is -16.5. The first-order valence-corrected chi connectivity index (χ1v) is 39.8. The summed E-state index contributed by atoms with van der Waals surface area (Å²) < 4.78 is 92.5. The SMILES string of the molecule is CC(OC(=O)NC(=O)c1cccc(-c2noc(-c3ccccc3F)n2)c1)C1CC1.CC(OC(=O)NC(=O)c1cccc(-c2noc(-c3ccccc3F)n2)c1)c1ccccc1.O=C(NC(=O)N1Cc2ccccc2C1)c1cccc(-c2noc(-c3ccccc3F)n2)c1.O=C(NC(=O)c1cccc(-c2noc(-c3ccccc3F)n2)c1)OC1CCCc2ccccc21. The van der Waals surface area contributed by atoms with E-state index in [1.165, 1.54) is 66.7 Å². The Labute approximate surface area is 720 Å². The van der Waals surface area contributed by atoms with Crippen molar-refractivity contribution in [3.8, 4) is 91.4 Å². The monoisotopic (exact) mass is 1710 g/mol. The highest BCUT2D eigenvalue weighted by Crippen LogP contribution is 2.36. The van der Waals surface area contributed by atoms with Crippen LogP contribution >= 0.6 is 0 Å². The van der Waals surface area contributed by atoms with Crippen molar-refractivity contribution in [1.29, 1.82) is 0 Å². The van der Waals surface area contributed by atoms with Crippen LogP contribution < -0.4 is 21.3 Å². The van der Waals surface area contributed by atoms with Gasteiger partial charge < -0.3 is 37.2 Å². The smallest absolute Gasteiger partial charge is 0.414 e. The van der Waals surface area contributed by atoms with Gasteiger partial charge in [0.05, 0.1) is 22.3 Å². The van der Waals surface area contributed by atoms with Crippen molar-refractivity contribution in [2.45, 2.75) is 77.4 Å². The molecule has 0 radical (unpaired) electrons. The standard InChI is InChI=1S/C26H20FN3O4.C24H17FN4O3.C24H18FN3O4.C21H18FN3O4/c27-21-13-4-3-12-20(21)25-28-23(30-34-25)17-9-5-10-18(15-17)24(31)29-26(32)33-22-14-6-8-16-7-1-2-11-19(16)22;25-20-11-4-3-10-19(20)23-26-21(28-32-23)15-8-5-9-16(12-15)22(30)27-24(31)29-13-17-6-1-2-7-18(17)14-29;1-15(16-8-3-2-4-9-16)31-24(30)27-22(29)18-11-7-10-17(14-18)21-26-23(32-28-21)19-12-5-6-13-20(19)25;1-12(13-9-10-13)28-21(27)24-19(26)15-6-4-5-14(11-15)18-23-20(29-25-18)16-7-2-3-8-17(16)22/h1-5,7,9-13,15,22H,6,8,14H2,(H,29,31,32);1-12H,13-14H2,(H,27,30,31);2-15H,1H3,(H,27,29,30);2-8,11-13H,9-10H2,1H3,(H,24,26,27). The fourth-order valence-electron chi connectivity index (χ4n) is 13.6. The second kappa shape index (κ2) is 39.5. The van der Waals surface area contributed by atoms with Gasteiger partial charge in [-0.2, -0.15) is 19.9 Å². The molecule has 4 aromatic heterocycles. The van der Waals surface area contributed by atoms with Crippen LogP contribution in [0.3, 0.4) is 0 Å². The second-order valence-electron chi connectivity index (χ2n) is 29.1. The minimum atomic E-state index is -0.863. The fraction of sp³-hybridized carbons (Fsp3) is 0.137. The number of carbonyl (C=O) groups is 8. The predicted molar refractivity (Wildman–Crippen MR) is 450 cm³/mol. The van der Waals surface area contributed by atoms with Crippen LogP contribution in [0.25, 0.3) is 91.4 Å². The lowest BCUT2D eigenvalue weighted by Gasteiger charge is -2.25. The summed E-state index contributed by atoms with van der Waals surface area (Å²) >= 11 is 0. The average molecular weight is 1710 g/mol. The first kappa shape index (κ1) is 85.4. The summed E-state index contributed by atoms with van der Waals surface area (Å²) in [6, 6.07) is 74.1. The number of fused-ring (bicyclic) bond motifs is 2. The minimum absolute atomic E-state index is 0.0198. The molecule has 0 spiro atoms. The van der Waals surface area contributed by atoms with E-state index in [2.05, 4.69) is 61.8 Å². The Kier molecular flexibility index (Phi) is 26.6. The van der Waals surface area contributed by atoms with Crippen LogP contribution in [0.1, 0.15) is 121 Å². The highest BCUT2D eigenvalue weighted by molar-refractivity contribution is 6.06. The van der Waals surface area contributed by atoms with Crippen LogP contribution in [0.5, 0.6) is 0 Å². The molecule has 636 valence electrons. The predicted octanol–water partition coefficient (Wildman–Crippen LogP) is 19.3. The van der Waals surface area contributed by atoms with Crippen LogP contribution in [0, 0.1) is 29.2 Å². The molecule has 127 heavy (non-hydrogen) atoms. The van der Waals surface area contributed by atoms with Gasteiger partial charge >= 0.3 is 24.3 Å². The van der Waals surface area contributed by atoms with Gasteiger partial charge in [-0.25, -0.2) is 36.7 Å². The molecule has 1 fully saturated rings. The molecule has 3 aliphatic rings. The number of nitrogens with one attached hydrogen (secondary N) is 4. The molecule has 18 rings (SSSR count). The summed E-state index contributed by atoms with van der Waals surface area (Å²) in [6.07, 6.45) is 1.04. The lowest BCUT2D eigenvalue weighted by atomic mass is 9.89. The summed E-state index contributed by atoms with van der Waals surface area (Å²) in [5.41, 5.74) is 8.67. The van der Waals surface area contributed by atoms with Crippen LogP contribution in [-0.2, 0) is 33.7 Å². The number of ether oxygens (including phenoxy) is 3. The first-order chi connectivity index (χ1) is 61.7. The van der Waals surface area contributed by atoms with Gasteiger partial charge in [-0.15, -0.1) is 0 Å². The number of carbonyl (C=O) groups excluding carboxylic acids is 8. The highest BCUT2D eigenvalue weighted by Gasteiger charge is 2.32. The van der Waals surface area contributed by atoms with E-state index >= 15 is 0 Å². The molecule has 3 atom stereocenters. The zero-order chi connectivity index (χ0) is 88.5.